The molecule has 0 radical (unpaired) electrons. The van der Waals surface area contributed by atoms with Crippen molar-refractivity contribution in [1.82, 2.24) is 15.5 Å². The molecule has 1 aromatic heterocycles. The Morgan fingerprint density at radius 3 is 3.00 bits per heavy atom. The number of halogens is 1. The number of anilines is 1. The molecule has 2 heterocycles. The minimum Gasteiger partial charge on any atom is -0.406 e. The second-order valence-electron chi connectivity index (χ2n) is 5.07. The molecule has 110 valence electrons. The Bertz CT molecular complexity index is 644. The van der Waals surface area contributed by atoms with Crippen LogP contribution in [0.1, 0.15) is 40.7 Å². The topological polar surface area (TPSA) is 80.0 Å². The first-order chi connectivity index (χ1) is 10.1. The molecule has 1 amide bonds. The number of nitrogens with one attached hydrogen (secondary N) is 2. The molecule has 2 N–H and O–H groups in total. The molecule has 2 aromatic rings. The van der Waals surface area contributed by atoms with Crippen LogP contribution in [0.3, 0.4) is 0 Å². The van der Waals surface area contributed by atoms with Crippen LogP contribution in [0.2, 0.25) is 0 Å². The molecule has 21 heavy (non-hydrogen) atoms. The van der Waals surface area contributed by atoms with Gasteiger partial charge in [0, 0.05) is 10.0 Å². The van der Waals surface area contributed by atoms with Gasteiger partial charge in [0.1, 0.15) is 0 Å². The Hall–Kier alpha value is -1.73. The van der Waals surface area contributed by atoms with Crippen LogP contribution in [0.4, 0.5) is 6.01 Å². The number of hydrogen-bond acceptors (Lipinski definition) is 5. The van der Waals surface area contributed by atoms with Crippen LogP contribution >= 0.6 is 15.9 Å². The highest BCUT2D eigenvalue weighted by Crippen LogP contribution is 2.23. The summed E-state index contributed by atoms with van der Waals surface area (Å²) >= 11 is 3.38. The lowest BCUT2D eigenvalue weighted by molar-refractivity contribution is 0.102. The van der Waals surface area contributed by atoms with Crippen LogP contribution in [0.25, 0.3) is 0 Å². The molecule has 6 nitrogen and oxygen atoms in total. The summed E-state index contributed by atoms with van der Waals surface area (Å²) in [7, 11) is 0. The van der Waals surface area contributed by atoms with E-state index in [0.29, 0.717) is 11.5 Å². The van der Waals surface area contributed by atoms with Crippen LogP contribution in [-0.4, -0.2) is 22.6 Å². The van der Waals surface area contributed by atoms with Gasteiger partial charge in [-0.05, 0) is 50.1 Å². The molecule has 1 aromatic carbocycles. The van der Waals surface area contributed by atoms with E-state index in [9.17, 15) is 4.79 Å². The van der Waals surface area contributed by atoms with E-state index >= 15 is 0 Å². The van der Waals surface area contributed by atoms with Crippen LogP contribution in [0, 0.1) is 6.92 Å². The molecule has 3 rings (SSSR count). The first-order valence-corrected chi connectivity index (χ1v) is 7.56. The monoisotopic (exact) mass is 350 g/mol. The van der Waals surface area contributed by atoms with Crippen molar-refractivity contribution < 1.29 is 9.21 Å². The highest BCUT2D eigenvalue weighted by Gasteiger charge is 2.22. The molecule has 1 unspecified atom stereocenters. The van der Waals surface area contributed by atoms with Crippen LogP contribution in [0.5, 0.6) is 0 Å². The van der Waals surface area contributed by atoms with E-state index in [0.717, 1.165) is 29.4 Å². The van der Waals surface area contributed by atoms with Crippen molar-refractivity contribution in [1.29, 1.82) is 0 Å². The summed E-state index contributed by atoms with van der Waals surface area (Å²) < 4.78 is 6.35. The van der Waals surface area contributed by atoms with Gasteiger partial charge in [0.15, 0.2) is 0 Å². The predicted octanol–water partition coefficient (Wildman–Crippen LogP) is 2.82. The minimum atomic E-state index is -0.269. The third-order valence-corrected chi connectivity index (χ3v) is 3.78. The van der Waals surface area contributed by atoms with Crippen molar-refractivity contribution in [2.24, 2.45) is 0 Å². The van der Waals surface area contributed by atoms with Crippen molar-refractivity contribution >= 4 is 27.9 Å². The largest absolute Gasteiger partial charge is 0.406 e. The Balaban J connectivity index is 1.72. The van der Waals surface area contributed by atoms with Gasteiger partial charge in [-0.25, -0.2) is 0 Å². The van der Waals surface area contributed by atoms with Gasteiger partial charge in [0.25, 0.3) is 5.91 Å². The Morgan fingerprint density at radius 2 is 2.29 bits per heavy atom. The van der Waals surface area contributed by atoms with E-state index in [-0.39, 0.29) is 18.0 Å². The SMILES string of the molecule is Cc1cc(Br)cc(C(=O)Nc2nnc(C3CCCN3)o2)c1. The number of nitrogens with zero attached hydrogens (tertiary/aromatic N) is 2. The number of benzene rings is 1. The van der Waals surface area contributed by atoms with Crippen LogP contribution in [-0.2, 0) is 0 Å². The van der Waals surface area contributed by atoms with Gasteiger partial charge in [0.2, 0.25) is 5.89 Å². The van der Waals surface area contributed by atoms with Crippen molar-refractivity contribution in [3.63, 3.8) is 0 Å². The third kappa shape index (κ3) is 3.30. The smallest absolute Gasteiger partial charge is 0.322 e. The number of rotatable bonds is 3. The minimum absolute atomic E-state index is 0.0938. The fourth-order valence-electron chi connectivity index (χ4n) is 2.36. The van der Waals surface area contributed by atoms with Crippen LogP contribution < -0.4 is 10.6 Å². The third-order valence-electron chi connectivity index (χ3n) is 3.32. The average molecular weight is 351 g/mol. The first-order valence-electron chi connectivity index (χ1n) is 6.77. The predicted molar refractivity (Wildman–Crippen MR) is 81.1 cm³/mol. The van der Waals surface area contributed by atoms with Gasteiger partial charge >= 0.3 is 6.01 Å². The number of carbonyl (C=O) groups is 1. The second kappa shape index (κ2) is 5.95. The maximum Gasteiger partial charge on any atom is 0.322 e. The highest BCUT2D eigenvalue weighted by molar-refractivity contribution is 9.10. The molecule has 0 aliphatic carbocycles. The van der Waals surface area contributed by atoms with Crippen molar-refractivity contribution in [3.8, 4) is 0 Å². The van der Waals surface area contributed by atoms with Crippen molar-refractivity contribution in [2.45, 2.75) is 25.8 Å². The Kier molecular flexibility index (Phi) is 4.03. The van der Waals surface area contributed by atoms with Gasteiger partial charge < -0.3 is 9.73 Å². The molecule has 1 fully saturated rings. The molecule has 0 spiro atoms. The lowest BCUT2D eigenvalue weighted by Gasteiger charge is -2.04. The lowest BCUT2D eigenvalue weighted by Crippen LogP contribution is -2.13. The Morgan fingerprint density at radius 1 is 1.43 bits per heavy atom. The van der Waals surface area contributed by atoms with Gasteiger partial charge in [-0.15, -0.1) is 5.10 Å². The number of amides is 1. The van der Waals surface area contributed by atoms with E-state index in [1.807, 2.05) is 13.0 Å². The first kappa shape index (κ1) is 14.2. The van der Waals surface area contributed by atoms with E-state index < -0.39 is 0 Å². The summed E-state index contributed by atoms with van der Waals surface area (Å²) in [6.07, 6.45) is 2.06. The zero-order valence-electron chi connectivity index (χ0n) is 11.5. The fraction of sp³-hybridized carbons (Fsp3) is 0.357. The zero-order chi connectivity index (χ0) is 14.8. The van der Waals surface area contributed by atoms with Gasteiger partial charge in [-0.3, -0.25) is 10.1 Å². The van der Waals surface area contributed by atoms with E-state index in [4.69, 9.17) is 4.42 Å². The van der Waals surface area contributed by atoms with Gasteiger partial charge in [-0.1, -0.05) is 21.0 Å². The van der Waals surface area contributed by atoms with Crippen molar-refractivity contribution in [2.75, 3.05) is 11.9 Å². The molecule has 1 saturated heterocycles. The number of aromatic nitrogens is 2. The summed E-state index contributed by atoms with van der Waals surface area (Å²) in [6.45, 7) is 2.88. The maximum atomic E-state index is 12.2. The summed E-state index contributed by atoms with van der Waals surface area (Å²) in [4.78, 5) is 12.2. The second-order valence-corrected chi connectivity index (χ2v) is 5.98. The molecular weight excluding hydrogens is 336 g/mol. The number of aryl methyl sites for hydroxylation is 1. The van der Waals surface area contributed by atoms with E-state index in [2.05, 4.69) is 36.8 Å². The molecule has 0 saturated carbocycles. The summed E-state index contributed by atoms with van der Waals surface area (Å²) in [5.74, 6) is 0.252. The van der Waals surface area contributed by atoms with E-state index in [1.54, 1.807) is 12.1 Å². The number of hydrogen-bond donors (Lipinski definition) is 2. The van der Waals surface area contributed by atoms with Crippen LogP contribution in [0.15, 0.2) is 27.1 Å². The summed E-state index contributed by atoms with van der Waals surface area (Å²) in [6, 6.07) is 5.71. The zero-order valence-corrected chi connectivity index (χ0v) is 13.1. The normalized spacial score (nSPS) is 17.9. The van der Waals surface area contributed by atoms with Crippen molar-refractivity contribution in [3.05, 3.63) is 39.7 Å². The average Bonchev–Trinajstić information content (AvgIpc) is 3.07. The summed E-state index contributed by atoms with van der Waals surface area (Å²) in [5.41, 5.74) is 1.54. The highest BCUT2D eigenvalue weighted by atomic mass is 79.9. The molecule has 7 heteroatoms. The van der Waals surface area contributed by atoms with Gasteiger partial charge in [0.05, 0.1) is 6.04 Å². The summed E-state index contributed by atoms with van der Waals surface area (Å²) in [5, 5.41) is 13.7. The quantitative estimate of drug-likeness (QED) is 0.889. The van der Waals surface area contributed by atoms with Gasteiger partial charge in [-0.2, -0.15) is 0 Å². The fourth-order valence-corrected chi connectivity index (χ4v) is 2.97. The lowest BCUT2D eigenvalue weighted by atomic mass is 10.1. The number of carbonyl (C=O) groups excluding carboxylic acids is 1. The molecule has 1 aliphatic rings. The maximum absolute atomic E-state index is 12.2. The molecule has 1 atom stereocenters. The molecular formula is C14H15BrN4O2. The molecule has 1 aliphatic heterocycles. The van der Waals surface area contributed by atoms with E-state index in [1.165, 1.54) is 0 Å². The standard InChI is InChI=1S/C14H15BrN4O2/c1-8-5-9(7-10(15)6-8)12(20)17-14-19-18-13(21-14)11-3-2-4-16-11/h5-7,11,16H,2-4H2,1H3,(H,17,19,20). The Labute approximate surface area is 130 Å². The molecule has 0 bridgehead atoms.